The van der Waals surface area contributed by atoms with Crippen LogP contribution in [-0.2, 0) is 14.3 Å². The second kappa shape index (κ2) is 12.9. The number of piperidine rings is 1. The zero-order valence-electron chi connectivity index (χ0n) is 24.2. The summed E-state index contributed by atoms with van der Waals surface area (Å²) < 4.78 is 22.1. The lowest BCUT2D eigenvalue weighted by molar-refractivity contribution is -0.155. The van der Waals surface area contributed by atoms with Crippen molar-refractivity contribution >= 4 is 29.6 Å². The predicted molar refractivity (Wildman–Crippen MR) is 146 cm³/mol. The van der Waals surface area contributed by atoms with E-state index in [9.17, 15) is 14.4 Å². The molecule has 2 rings (SSSR count). The van der Waals surface area contributed by atoms with Gasteiger partial charge >= 0.3 is 12.1 Å². The van der Waals surface area contributed by atoms with Gasteiger partial charge in [-0.3, -0.25) is 9.59 Å². The fourth-order valence-corrected chi connectivity index (χ4v) is 4.48. The summed E-state index contributed by atoms with van der Waals surface area (Å²) in [5.41, 5.74) is -0.941. The maximum Gasteiger partial charge on any atom is 0.410 e. The minimum atomic E-state index is -0.603. The van der Waals surface area contributed by atoms with Gasteiger partial charge in [-0.05, 0) is 74.3 Å². The number of benzene rings is 1. The molecule has 38 heavy (non-hydrogen) atoms. The van der Waals surface area contributed by atoms with Crippen LogP contribution in [0.1, 0.15) is 85.0 Å². The zero-order valence-corrected chi connectivity index (χ0v) is 24.9. The Morgan fingerprint density at radius 3 is 2.24 bits per heavy atom. The molecule has 0 spiro atoms. The number of carbonyl (C=O) groups is 3. The van der Waals surface area contributed by atoms with Gasteiger partial charge in [0.15, 0.2) is 11.5 Å². The first-order valence-corrected chi connectivity index (χ1v) is 13.4. The predicted octanol–water partition coefficient (Wildman–Crippen LogP) is 5.71. The third-order valence-corrected chi connectivity index (χ3v) is 6.01. The van der Waals surface area contributed by atoms with Crippen molar-refractivity contribution in [3.05, 3.63) is 22.7 Å². The van der Waals surface area contributed by atoms with E-state index in [0.717, 1.165) is 12.8 Å². The fourth-order valence-electron chi connectivity index (χ4n) is 4.24. The Bertz CT molecular complexity index is 998. The van der Waals surface area contributed by atoms with Crippen molar-refractivity contribution < 1.29 is 33.3 Å². The van der Waals surface area contributed by atoms with Gasteiger partial charge < -0.3 is 28.7 Å². The van der Waals surface area contributed by atoms with Crippen LogP contribution in [0.3, 0.4) is 0 Å². The van der Waals surface area contributed by atoms with E-state index in [-0.39, 0.29) is 53.7 Å². The highest BCUT2D eigenvalue weighted by molar-refractivity contribution is 6.34. The lowest BCUT2D eigenvalue weighted by Crippen LogP contribution is -2.54. The molecular formula is C28H43ClN2O7. The molecule has 214 valence electrons. The molecule has 1 aromatic carbocycles. The van der Waals surface area contributed by atoms with E-state index in [1.54, 1.807) is 36.6 Å². The summed E-state index contributed by atoms with van der Waals surface area (Å²) in [6, 6.07) is 2.71. The number of halogens is 1. The van der Waals surface area contributed by atoms with Crippen molar-refractivity contribution in [3.63, 3.8) is 0 Å². The minimum Gasteiger partial charge on any atom is -0.493 e. The van der Waals surface area contributed by atoms with Crippen molar-refractivity contribution in [2.24, 2.45) is 0 Å². The maximum atomic E-state index is 13.8. The van der Waals surface area contributed by atoms with Gasteiger partial charge in [-0.25, -0.2) is 4.79 Å². The summed E-state index contributed by atoms with van der Waals surface area (Å²) in [4.78, 5) is 42.0. The van der Waals surface area contributed by atoms with E-state index >= 15 is 0 Å². The number of esters is 1. The van der Waals surface area contributed by atoms with Gasteiger partial charge in [0.1, 0.15) is 11.2 Å². The third kappa shape index (κ3) is 9.26. The molecule has 1 aromatic rings. The second-order valence-corrected chi connectivity index (χ2v) is 12.1. The molecule has 0 unspecified atom stereocenters. The van der Waals surface area contributed by atoms with Crippen molar-refractivity contribution in [2.45, 2.75) is 97.9 Å². The Balaban J connectivity index is 2.24. The summed E-state index contributed by atoms with van der Waals surface area (Å²) in [5.74, 6) is -0.0209. The normalized spacial score (nSPS) is 16.2. The molecule has 0 bridgehead atoms. The SMILES string of the molecule is COc1cc(Cl)c(C(=O)N(C(C)C)[C@@H]2CCCN(C(=O)OC(C)(C)C)C2)cc1OCCC(=O)OC(C)(C)C. The Morgan fingerprint density at radius 1 is 1.05 bits per heavy atom. The molecule has 1 aliphatic rings. The molecule has 2 amide bonds. The number of hydrogen-bond acceptors (Lipinski definition) is 7. The van der Waals surface area contributed by atoms with Crippen LogP contribution in [0.15, 0.2) is 12.1 Å². The van der Waals surface area contributed by atoms with Gasteiger partial charge in [-0.15, -0.1) is 0 Å². The summed E-state index contributed by atoms with van der Waals surface area (Å²) in [6.45, 7) is 15.7. The average molecular weight is 555 g/mol. The van der Waals surface area contributed by atoms with Crippen LogP contribution in [0.25, 0.3) is 0 Å². The number of likely N-dealkylation sites (tertiary alicyclic amines) is 1. The van der Waals surface area contributed by atoms with Crippen LogP contribution >= 0.6 is 11.6 Å². The molecule has 1 saturated heterocycles. The molecule has 0 aliphatic carbocycles. The summed E-state index contributed by atoms with van der Waals surface area (Å²) >= 11 is 6.53. The van der Waals surface area contributed by atoms with Crippen LogP contribution in [0.2, 0.25) is 5.02 Å². The second-order valence-electron chi connectivity index (χ2n) is 11.7. The van der Waals surface area contributed by atoms with Crippen LogP contribution in [0.4, 0.5) is 4.79 Å². The maximum absolute atomic E-state index is 13.8. The first kappa shape index (κ1) is 31.5. The average Bonchev–Trinajstić information content (AvgIpc) is 2.77. The molecule has 10 heteroatoms. The van der Waals surface area contributed by atoms with Crippen LogP contribution < -0.4 is 9.47 Å². The molecule has 0 saturated carbocycles. The molecule has 0 N–H and O–H groups in total. The van der Waals surface area contributed by atoms with Gasteiger partial charge in [-0.1, -0.05) is 11.6 Å². The number of nitrogens with zero attached hydrogens (tertiary/aromatic N) is 2. The van der Waals surface area contributed by atoms with E-state index in [1.165, 1.54) is 13.2 Å². The topological polar surface area (TPSA) is 94.6 Å². The van der Waals surface area contributed by atoms with Gasteiger partial charge in [0.2, 0.25) is 0 Å². The van der Waals surface area contributed by atoms with E-state index in [1.807, 2.05) is 34.6 Å². The van der Waals surface area contributed by atoms with Crippen molar-refractivity contribution in [3.8, 4) is 11.5 Å². The highest BCUT2D eigenvalue weighted by Crippen LogP contribution is 2.35. The Kier molecular flexibility index (Phi) is 10.7. The molecule has 1 aliphatic heterocycles. The molecule has 1 heterocycles. The molecule has 0 aromatic heterocycles. The van der Waals surface area contributed by atoms with Crippen LogP contribution in [0.5, 0.6) is 11.5 Å². The van der Waals surface area contributed by atoms with E-state index in [2.05, 4.69) is 0 Å². The van der Waals surface area contributed by atoms with Gasteiger partial charge in [0, 0.05) is 25.2 Å². The standard InChI is InChI=1S/C28H43ClN2O7/c1-18(2)31(19-11-10-13-30(17-19)26(34)38-28(6,7)8)25(33)20-15-23(22(35-9)16-21(20)29)36-14-12-24(32)37-27(3,4)5/h15-16,18-19H,10-14,17H2,1-9H3/t19-/m1/s1. The summed E-state index contributed by atoms with van der Waals surface area (Å²) in [6.07, 6.45) is 1.14. The number of methoxy groups -OCH3 is 1. The molecule has 0 radical (unpaired) electrons. The molecule has 1 fully saturated rings. The van der Waals surface area contributed by atoms with Crippen LogP contribution in [-0.4, -0.2) is 77.9 Å². The first-order chi connectivity index (χ1) is 17.5. The largest absolute Gasteiger partial charge is 0.493 e. The lowest BCUT2D eigenvalue weighted by Gasteiger charge is -2.41. The minimum absolute atomic E-state index is 0.0347. The number of hydrogen-bond donors (Lipinski definition) is 0. The van der Waals surface area contributed by atoms with E-state index in [4.69, 9.17) is 30.5 Å². The smallest absolute Gasteiger partial charge is 0.410 e. The molecule has 1 atom stereocenters. The molecular weight excluding hydrogens is 512 g/mol. The number of ether oxygens (including phenoxy) is 4. The fraction of sp³-hybridized carbons (Fsp3) is 0.679. The molecule has 9 nitrogen and oxygen atoms in total. The van der Waals surface area contributed by atoms with Crippen LogP contribution in [0, 0.1) is 0 Å². The van der Waals surface area contributed by atoms with Crippen molar-refractivity contribution in [1.29, 1.82) is 0 Å². The lowest BCUT2D eigenvalue weighted by atomic mass is 10.0. The monoisotopic (exact) mass is 554 g/mol. The first-order valence-electron chi connectivity index (χ1n) is 13.0. The quantitative estimate of drug-likeness (QED) is 0.380. The van der Waals surface area contributed by atoms with Gasteiger partial charge in [0.25, 0.3) is 5.91 Å². The summed E-state index contributed by atoms with van der Waals surface area (Å²) in [5, 5.41) is 0.219. The highest BCUT2D eigenvalue weighted by atomic mass is 35.5. The van der Waals surface area contributed by atoms with Crippen molar-refractivity contribution in [1.82, 2.24) is 9.80 Å². The van der Waals surface area contributed by atoms with Gasteiger partial charge in [0.05, 0.1) is 36.8 Å². The third-order valence-electron chi connectivity index (χ3n) is 5.70. The summed E-state index contributed by atoms with van der Waals surface area (Å²) in [7, 11) is 1.47. The number of carbonyl (C=O) groups excluding carboxylic acids is 3. The Morgan fingerprint density at radius 2 is 1.68 bits per heavy atom. The van der Waals surface area contributed by atoms with Crippen molar-refractivity contribution in [2.75, 3.05) is 26.8 Å². The van der Waals surface area contributed by atoms with E-state index in [0.29, 0.717) is 24.6 Å². The number of amides is 2. The Hall–Kier alpha value is -2.68. The zero-order chi connectivity index (χ0) is 28.8. The highest BCUT2D eigenvalue weighted by Gasteiger charge is 2.35. The Labute approximate surface area is 231 Å². The van der Waals surface area contributed by atoms with Gasteiger partial charge in [-0.2, -0.15) is 0 Å². The number of rotatable bonds is 8. The van der Waals surface area contributed by atoms with E-state index < -0.39 is 11.2 Å².